The van der Waals surface area contributed by atoms with Crippen molar-refractivity contribution in [1.29, 1.82) is 0 Å². The van der Waals surface area contributed by atoms with Crippen LogP contribution in [0.15, 0.2) is 12.3 Å². The molecule has 1 amide bonds. The first kappa shape index (κ1) is 14.1. The third kappa shape index (κ3) is 3.56. The fourth-order valence-electron chi connectivity index (χ4n) is 2.92. The van der Waals surface area contributed by atoms with Gasteiger partial charge in [-0.1, -0.05) is 12.8 Å². The van der Waals surface area contributed by atoms with Gasteiger partial charge in [-0.2, -0.15) is 5.10 Å². The molecule has 0 spiro atoms. The summed E-state index contributed by atoms with van der Waals surface area (Å²) >= 11 is 0. The molecule has 5 heteroatoms. The standard InChI is InChI=1S/C14H24N4O/c1-17(2)10-11-6-4-5-7-12(11)16-14(19)13-8-9-15-18(13)3/h8-9,11-12H,4-7,10H2,1-3H3,(H,16,19)/t11-,12-/m1/s1. The lowest BCUT2D eigenvalue weighted by Crippen LogP contribution is -2.45. The Morgan fingerprint density at radius 3 is 2.84 bits per heavy atom. The summed E-state index contributed by atoms with van der Waals surface area (Å²) in [6, 6.07) is 2.05. The van der Waals surface area contributed by atoms with Crippen molar-refractivity contribution < 1.29 is 4.79 Å². The van der Waals surface area contributed by atoms with E-state index >= 15 is 0 Å². The molecule has 0 saturated heterocycles. The SMILES string of the molecule is CN(C)C[C@H]1CCCC[C@H]1NC(=O)c1ccnn1C. The minimum Gasteiger partial charge on any atom is -0.348 e. The molecule has 1 N–H and O–H groups in total. The van der Waals surface area contributed by atoms with E-state index in [4.69, 9.17) is 0 Å². The van der Waals surface area contributed by atoms with E-state index < -0.39 is 0 Å². The van der Waals surface area contributed by atoms with Crippen molar-refractivity contribution in [2.45, 2.75) is 31.7 Å². The molecule has 0 aromatic carbocycles. The van der Waals surface area contributed by atoms with Gasteiger partial charge in [0.25, 0.3) is 5.91 Å². The van der Waals surface area contributed by atoms with Crippen LogP contribution in [-0.4, -0.2) is 47.3 Å². The fourth-order valence-corrected chi connectivity index (χ4v) is 2.92. The van der Waals surface area contributed by atoms with Gasteiger partial charge in [0.05, 0.1) is 0 Å². The van der Waals surface area contributed by atoms with Crippen molar-refractivity contribution in [3.63, 3.8) is 0 Å². The molecule has 1 saturated carbocycles. The Labute approximate surface area is 115 Å². The van der Waals surface area contributed by atoms with Crippen LogP contribution < -0.4 is 5.32 Å². The predicted octanol–water partition coefficient (Wildman–Crippen LogP) is 1.27. The molecular formula is C14H24N4O. The summed E-state index contributed by atoms with van der Waals surface area (Å²) in [7, 11) is 5.98. The highest BCUT2D eigenvalue weighted by Gasteiger charge is 2.27. The normalized spacial score (nSPS) is 23.6. The highest BCUT2D eigenvalue weighted by atomic mass is 16.2. The number of aryl methyl sites for hydroxylation is 1. The molecule has 106 valence electrons. The zero-order chi connectivity index (χ0) is 13.8. The van der Waals surface area contributed by atoms with E-state index in [1.807, 2.05) is 0 Å². The van der Waals surface area contributed by atoms with Crippen molar-refractivity contribution >= 4 is 5.91 Å². The van der Waals surface area contributed by atoms with Crippen molar-refractivity contribution in [1.82, 2.24) is 20.0 Å². The lowest BCUT2D eigenvalue weighted by atomic mass is 9.84. The fraction of sp³-hybridized carbons (Fsp3) is 0.714. The molecular weight excluding hydrogens is 240 g/mol. The minimum absolute atomic E-state index is 0.00402. The van der Waals surface area contributed by atoms with Crippen LogP contribution in [0.3, 0.4) is 0 Å². The Bertz CT molecular complexity index is 427. The van der Waals surface area contributed by atoms with Crippen LogP contribution in [0.25, 0.3) is 0 Å². The second-order valence-corrected chi connectivity index (χ2v) is 5.73. The first-order valence-corrected chi connectivity index (χ1v) is 7.01. The second kappa shape index (κ2) is 6.19. The van der Waals surface area contributed by atoms with Gasteiger partial charge in [0.1, 0.15) is 5.69 Å². The van der Waals surface area contributed by atoms with Crippen LogP contribution in [0.2, 0.25) is 0 Å². The van der Waals surface area contributed by atoms with Gasteiger partial charge in [-0.25, -0.2) is 0 Å². The minimum atomic E-state index is -0.00402. The molecule has 0 unspecified atom stereocenters. The van der Waals surface area contributed by atoms with E-state index in [9.17, 15) is 4.79 Å². The average molecular weight is 264 g/mol. The molecule has 1 heterocycles. The van der Waals surface area contributed by atoms with Gasteiger partial charge in [-0.15, -0.1) is 0 Å². The van der Waals surface area contributed by atoms with Gasteiger partial charge < -0.3 is 10.2 Å². The topological polar surface area (TPSA) is 50.2 Å². The van der Waals surface area contributed by atoms with E-state index in [1.165, 1.54) is 19.3 Å². The molecule has 0 bridgehead atoms. The maximum Gasteiger partial charge on any atom is 0.269 e. The summed E-state index contributed by atoms with van der Waals surface area (Å²) in [6.07, 6.45) is 6.43. The molecule has 1 aromatic rings. The lowest BCUT2D eigenvalue weighted by Gasteiger charge is -2.33. The number of carbonyl (C=O) groups excluding carboxylic acids is 1. The molecule has 0 aliphatic heterocycles. The Balaban J connectivity index is 1.99. The van der Waals surface area contributed by atoms with Crippen molar-refractivity contribution in [2.75, 3.05) is 20.6 Å². The van der Waals surface area contributed by atoms with E-state index in [2.05, 4.69) is 29.4 Å². The van der Waals surface area contributed by atoms with Crippen LogP contribution in [0.5, 0.6) is 0 Å². The highest BCUT2D eigenvalue weighted by molar-refractivity contribution is 5.92. The van der Waals surface area contributed by atoms with Crippen LogP contribution in [0.1, 0.15) is 36.2 Å². The quantitative estimate of drug-likeness (QED) is 0.891. The molecule has 5 nitrogen and oxygen atoms in total. The maximum atomic E-state index is 12.2. The summed E-state index contributed by atoms with van der Waals surface area (Å²) in [5.41, 5.74) is 0.633. The van der Waals surface area contributed by atoms with Gasteiger partial charge in [0.2, 0.25) is 0 Å². The summed E-state index contributed by atoms with van der Waals surface area (Å²) in [4.78, 5) is 14.4. The molecule has 2 atom stereocenters. The van der Waals surface area contributed by atoms with E-state index in [0.717, 1.165) is 13.0 Å². The third-order valence-corrected chi connectivity index (χ3v) is 3.88. The van der Waals surface area contributed by atoms with Gasteiger partial charge in [0, 0.05) is 25.8 Å². The molecule has 1 fully saturated rings. The zero-order valence-electron chi connectivity index (χ0n) is 12.1. The van der Waals surface area contributed by atoms with Crippen LogP contribution in [-0.2, 0) is 7.05 Å². The third-order valence-electron chi connectivity index (χ3n) is 3.88. The Kier molecular flexibility index (Phi) is 4.58. The average Bonchev–Trinajstić information content (AvgIpc) is 2.77. The van der Waals surface area contributed by atoms with Gasteiger partial charge in [-0.3, -0.25) is 9.48 Å². The molecule has 0 radical (unpaired) electrons. The summed E-state index contributed by atoms with van der Waals surface area (Å²) in [5.74, 6) is 0.552. The Morgan fingerprint density at radius 1 is 1.47 bits per heavy atom. The van der Waals surface area contributed by atoms with Crippen molar-refractivity contribution in [3.8, 4) is 0 Å². The summed E-state index contributed by atoms with van der Waals surface area (Å²) in [6.45, 7) is 1.04. The smallest absolute Gasteiger partial charge is 0.269 e. The number of rotatable bonds is 4. The second-order valence-electron chi connectivity index (χ2n) is 5.73. The number of carbonyl (C=O) groups is 1. The number of nitrogens with one attached hydrogen (secondary N) is 1. The number of aromatic nitrogens is 2. The Morgan fingerprint density at radius 2 is 2.21 bits per heavy atom. The van der Waals surface area contributed by atoms with Crippen LogP contribution in [0.4, 0.5) is 0 Å². The van der Waals surface area contributed by atoms with Gasteiger partial charge in [-0.05, 0) is 38.9 Å². The van der Waals surface area contributed by atoms with E-state index in [0.29, 0.717) is 17.7 Å². The van der Waals surface area contributed by atoms with Crippen molar-refractivity contribution in [2.24, 2.45) is 13.0 Å². The highest BCUT2D eigenvalue weighted by Crippen LogP contribution is 2.25. The molecule has 19 heavy (non-hydrogen) atoms. The van der Waals surface area contributed by atoms with E-state index in [1.54, 1.807) is 24.0 Å². The van der Waals surface area contributed by atoms with Gasteiger partial charge in [0.15, 0.2) is 0 Å². The Hall–Kier alpha value is -1.36. The number of hydrogen-bond donors (Lipinski definition) is 1. The first-order valence-electron chi connectivity index (χ1n) is 7.01. The molecule has 1 aliphatic carbocycles. The lowest BCUT2D eigenvalue weighted by molar-refractivity contribution is 0.0886. The first-order chi connectivity index (χ1) is 9.08. The van der Waals surface area contributed by atoms with Crippen LogP contribution >= 0.6 is 0 Å². The molecule has 1 aromatic heterocycles. The zero-order valence-corrected chi connectivity index (χ0v) is 12.1. The number of hydrogen-bond acceptors (Lipinski definition) is 3. The summed E-state index contributed by atoms with van der Waals surface area (Å²) < 4.78 is 1.62. The predicted molar refractivity (Wildman–Crippen MR) is 75.0 cm³/mol. The number of nitrogens with zero attached hydrogens (tertiary/aromatic N) is 3. The van der Waals surface area contributed by atoms with Gasteiger partial charge >= 0.3 is 0 Å². The molecule has 2 rings (SSSR count). The largest absolute Gasteiger partial charge is 0.348 e. The number of amides is 1. The molecule has 1 aliphatic rings. The summed E-state index contributed by atoms with van der Waals surface area (Å²) in [5, 5.41) is 7.24. The van der Waals surface area contributed by atoms with E-state index in [-0.39, 0.29) is 5.91 Å². The van der Waals surface area contributed by atoms with Crippen LogP contribution in [0, 0.1) is 5.92 Å². The monoisotopic (exact) mass is 264 g/mol. The maximum absolute atomic E-state index is 12.2. The van der Waals surface area contributed by atoms with Crippen molar-refractivity contribution in [3.05, 3.63) is 18.0 Å².